The highest BCUT2D eigenvalue weighted by molar-refractivity contribution is 5.97. The van der Waals surface area contributed by atoms with Gasteiger partial charge in [0.25, 0.3) is 0 Å². The van der Waals surface area contributed by atoms with Gasteiger partial charge in [0.05, 0.1) is 18.2 Å². The number of anilines is 1. The first-order valence-electron chi connectivity index (χ1n) is 10.2. The van der Waals surface area contributed by atoms with Crippen molar-refractivity contribution in [2.24, 2.45) is 11.8 Å². The Morgan fingerprint density at radius 3 is 2.89 bits per heavy atom. The number of benzene rings is 1. The first-order valence-corrected chi connectivity index (χ1v) is 10.2. The van der Waals surface area contributed by atoms with Crippen LogP contribution in [0.3, 0.4) is 0 Å². The summed E-state index contributed by atoms with van der Waals surface area (Å²) in [6, 6.07) is 8.69. The van der Waals surface area contributed by atoms with Gasteiger partial charge in [0.1, 0.15) is 12.4 Å². The molecule has 1 aliphatic carbocycles. The largest absolute Gasteiger partial charge is 0.493 e. The maximum Gasteiger partial charge on any atom is 0.338 e. The van der Waals surface area contributed by atoms with Crippen LogP contribution in [0.25, 0.3) is 0 Å². The van der Waals surface area contributed by atoms with Crippen molar-refractivity contribution < 1.29 is 19.1 Å². The van der Waals surface area contributed by atoms with E-state index in [2.05, 4.69) is 30.1 Å². The van der Waals surface area contributed by atoms with Crippen molar-refractivity contribution >= 4 is 17.6 Å². The van der Waals surface area contributed by atoms with Crippen LogP contribution >= 0.6 is 0 Å². The van der Waals surface area contributed by atoms with Crippen LogP contribution in [0.1, 0.15) is 25.3 Å². The molecule has 6 rings (SSSR count). The molecule has 4 heterocycles. The SMILES string of the molecule is CC(=O)N1c2ccccc2C23CCN(C)[C@@H]2C[C@H]2C4=C(COC4=O)OC[C@@H]2[C@H]13. The Labute approximate surface area is 164 Å². The Hall–Kier alpha value is -2.34. The molecule has 2 fully saturated rings. The monoisotopic (exact) mass is 380 g/mol. The van der Waals surface area contributed by atoms with Crippen LogP contribution in [0.5, 0.6) is 0 Å². The molecule has 0 bridgehead atoms. The van der Waals surface area contributed by atoms with Crippen molar-refractivity contribution in [3.05, 3.63) is 41.2 Å². The fourth-order valence-corrected chi connectivity index (χ4v) is 6.93. The summed E-state index contributed by atoms with van der Waals surface area (Å²) < 4.78 is 11.3. The normalized spacial score (nSPS) is 38.2. The maximum atomic E-state index is 12.9. The second kappa shape index (κ2) is 5.38. The van der Waals surface area contributed by atoms with Crippen LogP contribution in [0.4, 0.5) is 5.69 Å². The Kier molecular flexibility index (Phi) is 3.19. The highest BCUT2D eigenvalue weighted by Gasteiger charge is 2.67. The van der Waals surface area contributed by atoms with E-state index in [0.29, 0.717) is 18.4 Å². The Balaban J connectivity index is 1.57. The summed E-state index contributed by atoms with van der Waals surface area (Å²) in [4.78, 5) is 29.8. The van der Waals surface area contributed by atoms with E-state index < -0.39 is 0 Å². The van der Waals surface area contributed by atoms with Crippen molar-refractivity contribution in [1.82, 2.24) is 4.90 Å². The van der Waals surface area contributed by atoms with Gasteiger partial charge < -0.3 is 19.3 Å². The number of cyclic esters (lactones) is 1. The molecule has 5 atom stereocenters. The number of hydrogen-bond acceptors (Lipinski definition) is 5. The lowest BCUT2D eigenvalue weighted by Crippen LogP contribution is -2.63. The summed E-state index contributed by atoms with van der Waals surface area (Å²) in [6.45, 7) is 3.45. The number of amides is 1. The van der Waals surface area contributed by atoms with Crippen LogP contribution in [0.15, 0.2) is 35.6 Å². The molecule has 6 heteroatoms. The molecule has 1 spiro atoms. The quantitative estimate of drug-likeness (QED) is 0.643. The first-order chi connectivity index (χ1) is 13.5. The van der Waals surface area contributed by atoms with Gasteiger partial charge in [-0.25, -0.2) is 4.79 Å². The number of rotatable bonds is 0. The number of esters is 1. The lowest BCUT2D eigenvalue weighted by atomic mass is 9.56. The maximum absolute atomic E-state index is 12.9. The number of fused-ring (bicyclic) bond motifs is 4. The predicted octanol–water partition coefficient (Wildman–Crippen LogP) is 1.84. The topological polar surface area (TPSA) is 59.1 Å². The molecule has 1 aromatic rings. The number of carbonyl (C=O) groups excluding carboxylic acids is 2. The van der Waals surface area contributed by atoms with Gasteiger partial charge in [-0.2, -0.15) is 0 Å². The second-order valence-electron chi connectivity index (χ2n) is 8.87. The Bertz CT molecular complexity index is 940. The molecule has 1 saturated heterocycles. The van der Waals surface area contributed by atoms with E-state index >= 15 is 0 Å². The van der Waals surface area contributed by atoms with Crippen molar-refractivity contribution in [3.8, 4) is 0 Å². The lowest BCUT2D eigenvalue weighted by Gasteiger charge is -2.53. The third-order valence-corrected chi connectivity index (χ3v) is 7.89. The molecule has 1 aromatic carbocycles. The number of para-hydroxylation sites is 1. The summed E-state index contributed by atoms with van der Waals surface area (Å²) in [5.41, 5.74) is 2.96. The van der Waals surface area contributed by atoms with Gasteiger partial charge >= 0.3 is 5.97 Å². The minimum atomic E-state index is -0.234. The highest BCUT2D eigenvalue weighted by Crippen LogP contribution is 2.62. The standard InChI is InChI=1S/C22H24N2O4/c1-12(25)24-16-6-4-3-5-15(16)22-7-8-23(2)18(22)9-13-14(20(22)24)10-27-17-11-28-21(26)19(13)17/h3-6,13-14,18,20H,7-11H2,1-2H3/t13-,14+,18-,20+,22?/m1/s1. The molecule has 5 aliphatic rings. The lowest BCUT2D eigenvalue weighted by molar-refractivity contribution is -0.136. The number of hydrogen-bond donors (Lipinski definition) is 0. The number of nitrogens with zero attached hydrogens (tertiary/aromatic N) is 2. The fourth-order valence-electron chi connectivity index (χ4n) is 6.93. The molecular formula is C22H24N2O4. The molecule has 146 valence electrons. The second-order valence-corrected chi connectivity index (χ2v) is 8.87. The van der Waals surface area contributed by atoms with Crippen LogP contribution < -0.4 is 4.90 Å². The summed E-state index contributed by atoms with van der Waals surface area (Å²) in [5, 5.41) is 0. The van der Waals surface area contributed by atoms with Crippen molar-refractivity contribution in [3.63, 3.8) is 0 Å². The first kappa shape index (κ1) is 16.6. The number of likely N-dealkylation sites (tertiary alicyclic amines) is 1. The Morgan fingerprint density at radius 2 is 2.07 bits per heavy atom. The van der Waals surface area contributed by atoms with Gasteiger partial charge in [0.2, 0.25) is 5.91 Å². The average Bonchev–Trinajstić information content (AvgIpc) is 3.32. The van der Waals surface area contributed by atoms with E-state index in [1.165, 1.54) is 5.56 Å². The minimum absolute atomic E-state index is 0.0125. The fraction of sp³-hybridized carbons (Fsp3) is 0.545. The van der Waals surface area contributed by atoms with E-state index in [9.17, 15) is 9.59 Å². The molecule has 0 N–H and O–H groups in total. The summed E-state index contributed by atoms with van der Waals surface area (Å²) >= 11 is 0. The summed E-state index contributed by atoms with van der Waals surface area (Å²) in [5.74, 6) is 0.728. The average molecular weight is 380 g/mol. The molecule has 0 radical (unpaired) electrons. The predicted molar refractivity (Wildman–Crippen MR) is 102 cm³/mol. The Morgan fingerprint density at radius 1 is 1.25 bits per heavy atom. The van der Waals surface area contributed by atoms with E-state index in [0.717, 1.165) is 30.6 Å². The molecule has 28 heavy (non-hydrogen) atoms. The van der Waals surface area contributed by atoms with Crippen molar-refractivity contribution in [2.75, 3.05) is 31.7 Å². The third-order valence-electron chi connectivity index (χ3n) is 7.89. The van der Waals surface area contributed by atoms with Gasteiger partial charge in [-0.1, -0.05) is 18.2 Å². The minimum Gasteiger partial charge on any atom is -0.493 e. The van der Waals surface area contributed by atoms with E-state index in [1.54, 1.807) is 6.92 Å². The molecular weight excluding hydrogens is 356 g/mol. The molecule has 1 unspecified atom stereocenters. The van der Waals surface area contributed by atoms with Gasteiger partial charge in [0.15, 0.2) is 0 Å². The number of carbonyl (C=O) groups is 2. The number of ether oxygens (including phenoxy) is 2. The van der Waals surface area contributed by atoms with Gasteiger partial charge in [-0.15, -0.1) is 0 Å². The van der Waals surface area contributed by atoms with Crippen LogP contribution in [-0.4, -0.2) is 55.7 Å². The zero-order chi connectivity index (χ0) is 19.2. The van der Waals surface area contributed by atoms with Gasteiger partial charge in [-0.3, -0.25) is 4.79 Å². The van der Waals surface area contributed by atoms with Crippen molar-refractivity contribution in [2.45, 2.75) is 37.3 Å². The summed E-state index contributed by atoms with van der Waals surface area (Å²) in [6.07, 6.45) is 1.94. The van der Waals surface area contributed by atoms with E-state index in [1.807, 2.05) is 11.0 Å². The van der Waals surface area contributed by atoms with E-state index in [-0.39, 0.29) is 41.8 Å². The molecule has 1 saturated carbocycles. The molecule has 0 aromatic heterocycles. The van der Waals surface area contributed by atoms with Gasteiger partial charge in [-0.05, 0) is 38.1 Å². The van der Waals surface area contributed by atoms with Crippen LogP contribution in [0, 0.1) is 11.8 Å². The van der Waals surface area contributed by atoms with Crippen LogP contribution in [0.2, 0.25) is 0 Å². The molecule has 1 amide bonds. The smallest absolute Gasteiger partial charge is 0.338 e. The third kappa shape index (κ3) is 1.78. The zero-order valence-electron chi connectivity index (χ0n) is 16.2. The highest BCUT2D eigenvalue weighted by atomic mass is 16.6. The number of likely N-dealkylation sites (N-methyl/N-ethyl adjacent to an activating group) is 1. The van der Waals surface area contributed by atoms with Crippen molar-refractivity contribution in [1.29, 1.82) is 0 Å². The van der Waals surface area contributed by atoms with Gasteiger partial charge in [0, 0.05) is 35.9 Å². The molecule has 4 aliphatic heterocycles. The van der Waals surface area contributed by atoms with Crippen LogP contribution in [-0.2, 0) is 24.5 Å². The van der Waals surface area contributed by atoms with E-state index in [4.69, 9.17) is 9.47 Å². The summed E-state index contributed by atoms with van der Waals surface area (Å²) in [7, 11) is 2.18. The zero-order valence-corrected chi connectivity index (χ0v) is 16.2. The molecule has 6 nitrogen and oxygen atoms in total.